The number of aryl methyl sites for hydroxylation is 2. The van der Waals surface area contributed by atoms with Gasteiger partial charge in [0.15, 0.2) is 0 Å². The molecule has 18 heavy (non-hydrogen) atoms. The summed E-state index contributed by atoms with van der Waals surface area (Å²) in [4.78, 5) is 0.236. The van der Waals surface area contributed by atoms with Gasteiger partial charge in [0.2, 0.25) is 10.0 Å². The second-order valence-corrected chi connectivity index (χ2v) is 6.23. The Labute approximate surface area is 112 Å². The highest BCUT2D eigenvalue weighted by atomic mass is 32.2. The Kier molecular flexibility index (Phi) is 4.65. The van der Waals surface area contributed by atoms with E-state index in [4.69, 9.17) is 18.0 Å². The summed E-state index contributed by atoms with van der Waals surface area (Å²) in [7, 11) is -0.116. The summed E-state index contributed by atoms with van der Waals surface area (Å²) < 4.78 is 26.4. The molecule has 102 valence electrons. The predicted molar refractivity (Wildman–Crippen MR) is 75.2 cm³/mol. The Morgan fingerprint density at radius 2 is 2.17 bits per heavy atom. The lowest BCUT2D eigenvalue weighted by Crippen LogP contribution is -2.27. The highest BCUT2D eigenvalue weighted by Crippen LogP contribution is 2.18. The van der Waals surface area contributed by atoms with Gasteiger partial charge in [0.25, 0.3) is 0 Å². The average molecular weight is 291 g/mol. The third-order valence-electron chi connectivity index (χ3n) is 2.44. The second-order valence-electron chi connectivity index (χ2n) is 3.75. The molecule has 0 saturated carbocycles. The van der Waals surface area contributed by atoms with Crippen LogP contribution in [0.3, 0.4) is 0 Å². The Hall–Kier alpha value is -1.19. The standard InChI is InChI=1S/C9H17N5O2S2/c1-6-7(8(10)17)9(14(3)13-6)12-4-5-18(15,16)11-2/h11-12H,4-5H2,1-3H3,(H2,10,17). The van der Waals surface area contributed by atoms with E-state index >= 15 is 0 Å². The van der Waals surface area contributed by atoms with Crippen LogP contribution in [-0.2, 0) is 17.1 Å². The van der Waals surface area contributed by atoms with E-state index in [9.17, 15) is 8.42 Å². The van der Waals surface area contributed by atoms with Crippen molar-refractivity contribution in [2.45, 2.75) is 6.92 Å². The van der Waals surface area contributed by atoms with Crippen LogP contribution in [0.15, 0.2) is 0 Å². The number of thiocarbonyl (C=S) groups is 1. The van der Waals surface area contributed by atoms with Crippen molar-refractivity contribution in [2.75, 3.05) is 24.7 Å². The summed E-state index contributed by atoms with van der Waals surface area (Å²) in [6.45, 7) is 2.04. The number of nitrogens with one attached hydrogen (secondary N) is 2. The summed E-state index contributed by atoms with van der Waals surface area (Å²) in [5, 5.41) is 7.18. The zero-order chi connectivity index (χ0) is 13.9. The number of nitrogens with two attached hydrogens (primary N) is 1. The highest BCUT2D eigenvalue weighted by molar-refractivity contribution is 7.89. The summed E-state index contributed by atoms with van der Waals surface area (Å²) in [5.74, 6) is 0.594. The lowest BCUT2D eigenvalue weighted by atomic mass is 10.2. The molecule has 9 heteroatoms. The van der Waals surface area contributed by atoms with Crippen LogP contribution in [-0.4, -0.2) is 42.5 Å². The SMILES string of the molecule is CNS(=O)(=O)CCNc1c(C(N)=S)c(C)nn1C. The van der Waals surface area contributed by atoms with Crippen molar-refractivity contribution < 1.29 is 8.42 Å². The quantitative estimate of drug-likeness (QED) is 0.601. The molecule has 0 aliphatic carbocycles. The highest BCUT2D eigenvalue weighted by Gasteiger charge is 2.16. The molecule has 0 aliphatic rings. The lowest BCUT2D eigenvalue weighted by molar-refractivity contribution is 0.588. The third kappa shape index (κ3) is 3.40. The molecule has 0 aliphatic heterocycles. The third-order valence-corrected chi connectivity index (χ3v) is 4.01. The van der Waals surface area contributed by atoms with Crippen molar-refractivity contribution in [3.8, 4) is 0 Å². The molecule has 0 aromatic carbocycles. The van der Waals surface area contributed by atoms with Gasteiger partial charge in [-0.25, -0.2) is 13.1 Å². The van der Waals surface area contributed by atoms with E-state index in [0.717, 1.165) is 0 Å². The fourth-order valence-electron chi connectivity index (χ4n) is 1.56. The summed E-state index contributed by atoms with van der Waals surface area (Å²) in [6, 6.07) is 0. The fourth-order valence-corrected chi connectivity index (χ4v) is 2.38. The van der Waals surface area contributed by atoms with Crippen LogP contribution in [0.25, 0.3) is 0 Å². The van der Waals surface area contributed by atoms with E-state index in [1.54, 1.807) is 18.7 Å². The van der Waals surface area contributed by atoms with Gasteiger partial charge in [-0.15, -0.1) is 0 Å². The number of rotatable bonds is 6. The molecule has 1 aromatic rings. The van der Waals surface area contributed by atoms with Gasteiger partial charge in [0.1, 0.15) is 10.8 Å². The van der Waals surface area contributed by atoms with Crippen LogP contribution in [0.1, 0.15) is 11.3 Å². The molecule has 0 unspecified atom stereocenters. The van der Waals surface area contributed by atoms with E-state index in [-0.39, 0.29) is 17.3 Å². The minimum atomic E-state index is -3.24. The van der Waals surface area contributed by atoms with Crippen LogP contribution in [0.4, 0.5) is 5.82 Å². The van der Waals surface area contributed by atoms with E-state index < -0.39 is 10.0 Å². The molecule has 0 fully saturated rings. The first-order chi connectivity index (χ1) is 8.28. The summed E-state index contributed by atoms with van der Waals surface area (Å²) in [6.07, 6.45) is 0. The van der Waals surface area contributed by atoms with Gasteiger partial charge in [0, 0.05) is 13.6 Å². The van der Waals surface area contributed by atoms with E-state index in [2.05, 4.69) is 15.1 Å². The van der Waals surface area contributed by atoms with Crippen LogP contribution in [0.2, 0.25) is 0 Å². The maximum Gasteiger partial charge on any atom is 0.213 e. The predicted octanol–water partition coefficient (Wildman–Crippen LogP) is -0.676. The summed E-state index contributed by atoms with van der Waals surface area (Å²) >= 11 is 4.95. The van der Waals surface area contributed by atoms with Gasteiger partial charge in [-0.1, -0.05) is 12.2 Å². The monoisotopic (exact) mass is 291 g/mol. The number of sulfonamides is 1. The largest absolute Gasteiger partial charge is 0.389 e. The van der Waals surface area contributed by atoms with E-state index in [1.165, 1.54) is 7.05 Å². The normalized spacial score (nSPS) is 11.5. The molecule has 0 bridgehead atoms. The average Bonchev–Trinajstić information content (AvgIpc) is 2.53. The zero-order valence-electron chi connectivity index (χ0n) is 10.5. The molecule has 0 spiro atoms. The van der Waals surface area contributed by atoms with Gasteiger partial charge in [-0.2, -0.15) is 5.10 Å². The number of hydrogen-bond acceptors (Lipinski definition) is 5. The molecule has 0 amide bonds. The van der Waals surface area contributed by atoms with E-state index in [0.29, 0.717) is 17.1 Å². The maximum absolute atomic E-state index is 11.3. The van der Waals surface area contributed by atoms with Crippen molar-refractivity contribution >= 4 is 33.0 Å². The fraction of sp³-hybridized carbons (Fsp3) is 0.556. The number of anilines is 1. The van der Waals surface area contributed by atoms with Gasteiger partial charge in [-0.3, -0.25) is 4.68 Å². The van der Waals surface area contributed by atoms with Crippen molar-refractivity contribution in [3.63, 3.8) is 0 Å². The summed E-state index contributed by atoms with van der Waals surface area (Å²) in [5.41, 5.74) is 6.98. The maximum atomic E-state index is 11.3. The Balaban J connectivity index is 2.83. The van der Waals surface area contributed by atoms with E-state index in [1.807, 2.05) is 0 Å². The Morgan fingerprint density at radius 1 is 1.56 bits per heavy atom. The number of hydrogen-bond donors (Lipinski definition) is 3. The molecule has 1 aromatic heterocycles. The molecule has 0 radical (unpaired) electrons. The Bertz CT molecular complexity index is 550. The molecule has 0 atom stereocenters. The minimum Gasteiger partial charge on any atom is -0.389 e. The first-order valence-corrected chi connectivity index (χ1v) is 7.33. The topological polar surface area (TPSA) is 102 Å². The number of aromatic nitrogens is 2. The molecule has 4 N–H and O–H groups in total. The molecular formula is C9H17N5O2S2. The van der Waals surface area contributed by atoms with Gasteiger partial charge in [0.05, 0.1) is 17.0 Å². The van der Waals surface area contributed by atoms with Gasteiger partial charge in [-0.05, 0) is 14.0 Å². The van der Waals surface area contributed by atoms with Crippen molar-refractivity contribution in [3.05, 3.63) is 11.3 Å². The molecule has 7 nitrogen and oxygen atoms in total. The van der Waals surface area contributed by atoms with Gasteiger partial charge < -0.3 is 11.1 Å². The lowest BCUT2D eigenvalue weighted by Gasteiger charge is -2.09. The Morgan fingerprint density at radius 3 is 2.67 bits per heavy atom. The molecule has 1 rings (SSSR count). The number of nitrogens with zero attached hydrogens (tertiary/aromatic N) is 2. The first-order valence-electron chi connectivity index (χ1n) is 5.27. The smallest absolute Gasteiger partial charge is 0.213 e. The van der Waals surface area contributed by atoms with Crippen LogP contribution in [0.5, 0.6) is 0 Å². The first kappa shape index (κ1) is 14.9. The van der Waals surface area contributed by atoms with Crippen LogP contribution >= 0.6 is 12.2 Å². The van der Waals surface area contributed by atoms with Crippen LogP contribution < -0.4 is 15.8 Å². The van der Waals surface area contributed by atoms with Crippen LogP contribution in [0, 0.1) is 6.92 Å². The van der Waals surface area contributed by atoms with Crippen molar-refractivity contribution in [1.29, 1.82) is 0 Å². The zero-order valence-corrected chi connectivity index (χ0v) is 12.2. The second kappa shape index (κ2) is 5.63. The molecule has 1 heterocycles. The van der Waals surface area contributed by atoms with Crippen molar-refractivity contribution in [1.82, 2.24) is 14.5 Å². The van der Waals surface area contributed by atoms with Gasteiger partial charge >= 0.3 is 0 Å². The molecule has 0 saturated heterocycles. The van der Waals surface area contributed by atoms with Crippen molar-refractivity contribution in [2.24, 2.45) is 12.8 Å². The molecular weight excluding hydrogens is 274 g/mol. The minimum absolute atomic E-state index is 0.0372.